The molecule has 0 aromatic rings. The van der Waals surface area contributed by atoms with Gasteiger partial charge >= 0.3 is 18.2 Å². The van der Waals surface area contributed by atoms with E-state index in [2.05, 4.69) is 0 Å². The fourth-order valence-corrected chi connectivity index (χ4v) is 5.60. The van der Waals surface area contributed by atoms with Gasteiger partial charge in [0.15, 0.2) is 0 Å². The Morgan fingerprint density at radius 1 is 1.06 bits per heavy atom. The molecular weight excluding hydrogens is 446 g/mol. The zero-order valence-electron chi connectivity index (χ0n) is 19.7. The Morgan fingerprint density at radius 3 is 2.06 bits per heavy atom. The number of hydrogen-bond donors (Lipinski definition) is 1. The average Bonchev–Trinajstić information content (AvgIpc) is 3.31. The number of piperazine rings is 1. The summed E-state index contributed by atoms with van der Waals surface area (Å²) in [6.45, 7) is 7.89. The topological polar surface area (TPSA) is 81.2 Å². The van der Waals surface area contributed by atoms with E-state index in [1.54, 1.807) is 20.8 Å². The lowest BCUT2D eigenvalue weighted by molar-refractivity contribution is -0.194. The van der Waals surface area contributed by atoms with Gasteiger partial charge in [-0.15, -0.1) is 0 Å². The molecule has 1 aliphatic carbocycles. The highest BCUT2D eigenvalue weighted by atomic mass is 19.4. The fourth-order valence-electron chi connectivity index (χ4n) is 5.60. The highest BCUT2D eigenvalue weighted by Crippen LogP contribution is 2.51. The molecule has 188 valence electrons. The molecule has 0 aromatic heterocycles. The summed E-state index contributed by atoms with van der Waals surface area (Å²) in [7, 11) is 0. The molecule has 1 spiro atoms. The molecule has 2 heterocycles. The molecule has 3 atom stereocenters. The van der Waals surface area contributed by atoms with Crippen LogP contribution in [0.15, 0.2) is 0 Å². The number of carbonyl (C=O) groups excluding carboxylic acids is 2. The highest BCUT2D eigenvalue weighted by molar-refractivity contribution is 5.92. The van der Waals surface area contributed by atoms with Gasteiger partial charge in [-0.3, -0.25) is 14.5 Å². The second-order valence-electron chi connectivity index (χ2n) is 11.2. The zero-order chi connectivity index (χ0) is 25.1. The van der Waals surface area contributed by atoms with Crippen molar-refractivity contribution in [1.82, 2.24) is 14.7 Å². The Bertz CT molecular complexity index is 821. The Labute approximate surface area is 191 Å². The van der Waals surface area contributed by atoms with Crippen LogP contribution >= 0.6 is 0 Å². The van der Waals surface area contributed by atoms with E-state index < -0.39 is 59.3 Å². The lowest BCUT2D eigenvalue weighted by Crippen LogP contribution is -2.71. The van der Waals surface area contributed by atoms with Crippen molar-refractivity contribution in [3.05, 3.63) is 0 Å². The fraction of sp³-hybridized carbons (Fsp3) is 0.864. The summed E-state index contributed by atoms with van der Waals surface area (Å²) in [5.41, 5.74) is -3.78. The Kier molecular flexibility index (Phi) is 6.20. The Balaban J connectivity index is 2.05. The zero-order valence-corrected chi connectivity index (χ0v) is 19.7. The lowest BCUT2D eigenvalue weighted by atomic mass is 9.70. The minimum absolute atomic E-state index is 0.0000528. The molecule has 2 aliphatic heterocycles. The average molecular weight is 480 g/mol. The van der Waals surface area contributed by atoms with Crippen molar-refractivity contribution in [2.24, 2.45) is 11.3 Å². The molecule has 0 unspecified atom stereocenters. The van der Waals surface area contributed by atoms with Gasteiger partial charge in [0.25, 0.3) is 0 Å². The van der Waals surface area contributed by atoms with E-state index in [9.17, 15) is 37.1 Å². The predicted octanol–water partition coefficient (Wildman–Crippen LogP) is 3.67. The van der Waals surface area contributed by atoms with Crippen molar-refractivity contribution in [3.8, 4) is 0 Å². The van der Waals surface area contributed by atoms with Crippen molar-refractivity contribution in [3.63, 3.8) is 0 Å². The maximum Gasteiger partial charge on any atom is 0.471 e. The van der Waals surface area contributed by atoms with Gasteiger partial charge in [0, 0.05) is 25.6 Å². The number of alkyl halides is 4. The third-order valence-electron chi connectivity index (χ3n) is 7.37. The third kappa shape index (κ3) is 4.27. The van der Waals surface area contributed by atoms with Crippen LogP contribution in [0.2, 0.25) is 0 Å². The van der Waals surface area contributed by atoms with E-state index in [1.807, 2.05) is 13.8 Å². The van der Waals surface area contributed by atoms with Gasteiger partial charge in [-0.2, -0.15) is 13.2 Å². The van der Waals surface area contributed by atoms with Crippen molar-refractivity contribution >= 4 is 17.9 Å². The van der Waals surface area contributed by atoms with Crippen LogP contribution in [-0.2, 0) is 9.59 Å². The van der Waals surface area contributed by atoms with E-state index in [0.717, 1.165) is 9.80 Å². The van der Waals surface area contributed by atoms with E-state index >= 15 is 0 Å². The van der Waals surface area contributed by atoms with Gasteiger partial charge in [0.1, 0.15) is 11.7 Å². The van der Waals surface area contributed by atoms with E-state index in [-0.39, 0.29) is 25.4 Å². The molecule has 1 N–H and O–H groups in total. The summed E-state index contributed by atoms with van der Waals surface area (Å²) in [5.74, 6) is -2.50. The molecule has 1 saturated carbocycles. The number of hydrogen-bond acceptors (Lipinski definition) is 3. The standard InChI is InChI=1S/C22H33F4N3O4/c1-13(2)8-15-11-28(17(31)22(24,25)26)20(6-7-20)12-27(15)16(30)21(19(3,4)5)9-14(23)10-29(21)18(32)33/h13-15H,6-12H2,1-5H3,(H,32,33)/t14-,15-,21-/m1/s1. The summed E-state index contributed by atoms with van der Waals surface area (Å²) in [6, 6.07) is -0.733. The van der Waals surface area contributed by atoms with Gasteiger partial charge in [-0.1, -0.05) is 34.6 Å². The number of rotatable bonds is 3. The number of carboxylic acid groups (broad SMARTS) is 1. The van der Waals surface area contributed by atoms with E-state index in [4.69, 9.17) is 0 Å². The van der Waals surface area contributed by atoms with Crippen LogP contribution in [0.25, 0.3) is 0 Å². The number of nitrogens with zero attached hydrogens (tertiary/aromatic N) is 3. The maximum atomic E-state index is 14.6. The smallest absolute Gasteiger partial charge is 0.465 e. The van der Waals surface area contributed by atoms with Crippen LogP contribution < -0.4 is 0 Å². The van der Waals surface area contributed by atoms with Crippen molar-refractivity contribution in [2.75, 3.05) is 19.6 Å². The highest BCUT2D eigenvalue weighted by Gasteiger charge is 2.65. The summed E-state index contributed by atoms with van der Waals surface area (Å²) in [6.07, 6.45) is -7.31. The quantitative estimate of drug-likeness (QED) is 0.627. The normalized spacial score (nSPS) is 29.7. The van der Waals surface area contributed by atoms with Crippen molar-refractivity contribution in [2.45, 2.75) is 89.8 Å². The second kappa shape index (κ2) is 8.01. The molecule has 3 rings (SSSR count). The summed E-state index contributed by atoms with van der Waals surface area (Å²) < 4.78 is 54.5. The van der Waals surface area contributed by atoms with Gasteiger partial charge in [-0.25, -0.2) is 9.18 Å². The van der Waals surface area contributed by atoms with Crippen LogP contribution in [-0.4, -0.2) is 86.8 Å². The molecule has 3 aliphatic rings. The first-order valence-corrected chi connectivity index (χ1v) is 11.3. The van der Waals surface area contributed by atoms with Gasteiger partial charge in [0.05, 0.1) is 12.1 Å². The first-order valence-electron chi connectivity index (χ1n) is 11.3. The van der Waals surface area contributed by atoms with Crippen LogP contribution in [0.5, 0.6) is 0 Å². The molecular formula is C22H33F4N3O4. The first-order chi connectivity index (χ1) is 15.0. The number of halogens is 4. The summed E-state index contributed by atoms with van der Waals surface area (Å²) >= 11 is 0. The van der Waals surface area contributed by atoms with Crippen LogP contribution in [0.4, 0.5) is 22.4 Å². The predicted molar refractivity (Wildman–Crippen MR) is 111 cm³/mol. The minimum atomic E-state index is -5.02. The molecule has 2 saturated heterocycles. The molecule has 11 heteroatoms. The molecule has 0 aromatic carbocycles. The molecule has 7 nitrogen and oxygen atoms in total. The Morgan fingerprint density at radius 2 is 1.64 bits per heavy atom. The van der Waals surface area contributed by atoms with E-state index in [0.29, 0.717) is 19.3 Å². The third-order valence-corrected chi connectivity index (χ3v) is 7.37. The Hall–Kier alpha value is -2.07. The number of likely N-dealkylation sites (tertiary alicyclic amines) is 1. The lowest BCUT2D eigenvalue weighted by Gasteiger charge is -2.53. The first kappa shape index (κ1) is 25.6. The monoisotopic (exact) mass is 479 g/mol. The largest absolute Gasteiger partial charge is 0.471 e. The van der Waals surface area contributed by atoms with Gasteiger partial charge < -0.3 is 14.9 Å². The number of carbonyl (C=O) groups is 3. The minimum Gasteiger partial charge on any atom is -0.465 e. The van der Waals surface area contributed by atoms with Gasteiger partial charge in [-0.05, 0) is 30.6 Å². The molecule has 0 bridgehead atoms. The molecule has 3 amide bonds. The van der Waals surface area contributed by atoms with Crippen LogP contribution in [0, 0.1) is 11.3 Å². The summed E-state index contributed by atoms with van der Waals surface area (Å²) in [5, 5.41) is 9.82. The van der Waals surface area contributed by atoms with Crippen molar-refractivity contribution < 1.29 is 37.1 Å². The molecule has 33 heavy (non-hydrogen) atoms. The van der Waals surface area contributed by atoms with E-state index in [1.165, 1.54) is 4.90 Å². The van der Waals surface area contributed by atoms with Crippen molar-refractivity contribution in [1.29, 1.82) is 0 Å². The maximum absolute atomic E-state index is 14.6. The molecule has 3 fully saturated rings. The second-order valence-corrected chi connectivity index (χ2v) is 11.2. The summed E-state index contributed by atoms with van der Waals surface area (Å²) in [4.78, 5) is 41.6. The molecule has 0 radical (unpaired) electrons. The SMILES string of the molecule is CC(C)C[C@@H]1CN(C(=O)C(F)(F)F)C2(CC2)CN1C(=O)[C@@]1(C(C)(C)C)C[C@@H](F)CN1C(=O)O. The van der Waals surface area contributed by atoms with Gasteiger partial charge in [0.2, 0.25) is 5.91 Å². The number of amides is 3. The van der Waals surface area contributed by atoms with Crippen LogP contribution in [0.1, 0.15) is 60.3 Å². The van der Waals surface area contributed by atoms with Crippen LogP contribution in [0.3, 0.4) is 0 Å².